The van der Waals surface area contributed by atoms with Crippen LogP contribution in [0.4, 0.5) is 0 Å². The van der Waals surface area contributed by atoms with Crippen LogP contribution in [0.15, 0.2) is 36.7 Å². The number of carbonyl (C=O) groups is 1. The predicted molar refractivity (Wildman–Crippen MR) is 109 cm³/mol. The molecule has 0 unspecified atom stereocenters. The van der Waals surface area contributed by atoms with Crippen molar-refractivity contribution < 1.29 is 4.79 Å². The predicted octanol–water partition coefficient (Wildman–Crippen LogP) is 3.61. The lowest BCUT2D eigenvalue weighted by Gasteiger charge is -2.34. The SMILES string of the molecule is CCCc1cc(C(=O)N2CCN(Cc3cn4ccccc4n3)CC2)sc1C. The zero-order valence-electron chi connectivity index (χ0n) is 16.0. The van der Waals surface area contributed by atoms with Crippen molar-refractivity contribution in [2.45, 2.75) is 33.2 Å². The molecule has 4 rings (SSSR count). The zero-order valence-corrected chi connectivity index (χ0v) is 16.8. The first-order chi connectivity index (χ1) is 13.1. The molecule has 6 heteroatoms. The number of imidazole rings is 1. The van der Waals surface area contributed by atoms with E-state index in [2.05, 4.69) is 40.4 Å². The van der Waals surface area contributed by atoms with Gasteiger partial charge in [0.05, 0.1) is 10.6 Å². The summed E-state index contributed by atoms with van der Waals surface area (Å²) in [5.74, 6) is 0.192. The molecule has 4 heterocycles. The van der Waals surface area contributed by atoms with Gasteiger partial charge in [-0.05, 0) is 37.1 Å². The van der Waals surface area contributed by atoms with Crippen molar-refractivity contribution in [3.63, 3.8) is 0 Å². The van der Waals surface area contributed by atoms with Crippen LogP contribution in [0.25, 0.3) is 5.65 Å². The quantitative estimate of drug-likeness (QED) is 0.677. The summed E-state index contributed by atoms with van der Waals surface area (Å²) in [6.07, 6.45) is 6.30. The van der Waals surface area contributed by atoms with Crippen molar-refractivity contribution in [3.05, 3.63) is 57.7 Å². The number of carbonyl (C=O) groups excluding carboxylic acids is 1. The Labute approximate surface area is 164 Å². The van der Waals surface area contributed by atoms with E-state index in [0.29, 0.717) is 0 Å². The normalized spacial score (nSPS) is 15.6. The minimum absolute atomic E-state index is 0.192. The number of nitrogens with zero attached hydrogens (tertiary/aromatic N) is 4. The van der Waals surface area contributed by atoms with Crippen LogP contribution in [0, 0.1) is 6.92 Å². The van der Waals surface area contributed by atoms with Crippen molar-refractivity contribution in [1.82, 2.24) is 19.2 Å². The lowest BCUT2D eigenvalue weighted by Crippen LogP contribution is -2.48. The van der Waals surface area contributed by atoms with Crippen LogP contribution in [0.2, 0.25) is 0 Å². The molecule has 1 fully saturated rings. The van der Waals surface area contributed by atoms with Crippen molar-refractivity contribution >= 4 is 22.9 Å². The summed E-state index contributed by atoms with van der Waals surface area (Å²) in [7, 11) is 0. The van der Waals surface area contributed by atoms with Crippen molar-refractivity contribution in [2.24, 2.45) is 0 Å². The molecular weight excluding hydrogens is 356 g/mol. The van der Waals surface area contributed by atoms with Gasteiger partial charge in [-0.25, -0.2) is 4.98 Å². The minimum atomic E-state index is 0.192. The molecule has 0 spiro atoms. The summed E-state index contributed by atoms with van der Waals surface area (Å²) in [5, 5.41) is 0. The molecule has 0 aliphatic carbocycles. The fourth-order valence-corrected chi connectivity index (χ4v) is 4.74. The van der Waals surface area contributed by atoms with Gasteiger partial charge >= 0.3 is 0 Å². The molecule has 3 aromatic rings. The molecule has 27 heavy (non-hydrogen) atoms. The summed E-state index contributed by atoms with van der Waals surface area (Å²) in [5.41, 5.74) is 3.40. The number of aromatic nitrogens is 2. The fraction of sp³-hybridized carbons (Fsp3) is 0.429. The summed E-state index contributed by atoms with van der Waals surface area (Å²) in [6.45, 7) is 8.50. The van der Waals surface area contributed by atoms with Gasteiger partial charge < -0.3 is 9.30 Å². The van der Waals surface area contributed by atoms with Crippen LogP contribution in [0.3, 0.4) is 0 Å². The lowest BCUT2D eigenvalue weighted by molar-refractivity contribution is 0.0632. The number of pyridine rings is 1. The topological polar surface area (TPSA) is 40.9 Å². The Morgan fingerprint density at radius 2 is 2.04 bits per heavy atom. The Balaban J connectivity index is 1.35. The second-order valence-electron chi connectivity index (χ2n) is 7.21. The van der Waals surface area contributed by atoms with Gasteiger partial charge in [-0.15, -0.1) is 11.3 Å². The highest BCUT2D eigenvalue weighted by Crippen LogP contribution is 2.24. The number of hydrogen-bond donors (Lipinski definition) is 0. The van der Waals surface area contributed by atoms with E-state index in [0.717, 1.165) is 61.8 Å². The molecular formula is C21H26N4OS. The molecule has 1 saturated heterocycles. The van der Waals surface area contributed by atoms with Crippen molar-refractivity contribution in [2.75, 3.05) is 26.2 Å². The highest BCUT2D eigenvalue weighted by atomic mass is 32.1. The Bertz CT molecular complexity index is 904. The van der Waals surface area contributed by atoms with Crippen LogP contribution >= 0.6 is 11.3 Å². The average Bonchev–Trinajstić information content (AvgIpc) is 3.25. The summed E-state index contributed by atoms with van der Waals surface area (Å²) in [6, 6.07) is 8.15. The van der Waals surface area contributed by atoms with Gasteiger partial charge in [0, 0.05) is 50.0 Å². The summed E-state index contributed by atoms with van der Waals surface area (Å²) in [4.78, 5) is 24.1. The van der Waals surface area contributed by atoms with E-state index in [1.807, 2.05) is 29.3 Å². The highest BCUT2D eigenvalue weighted by molar-refractivity contribution is 7.14. The number of rotatable bonds is 5. The number of hydrogen-bond acceptors (Lipinski definition) is 4. The van der Waals surface area contributed by atoms with E-state index in [1.54, 1.807) is 11.3 Å². The molecule has 1 aliphatic heterocycles. The highest BCUT2D eigenvalue weighted by Gasteiger charge is 2.24. The smallest absolute Gasteiger partial charge is 0.264 e. The second-order valence-corrected chi connectivity index (χ2v) is 8.47. The maximum absolute atomic E-state index is 12.9. The Hall–Kier alpha value is -2.18. The van der Waals surface area contributed by atoms with Crippen molar-refractivity contribution in [1.29, 1.82) is 0 Å². The standard InChI is InChI=1S/C21H26N4OS/c1-3-6-17-13-19(27-16(17)2)21(26)24-11-9-23(10-12-24)14-18-15-25-8-5-4-7-20(25)22-18/h4-5,7-8,13,15H,3,6,9-12,14H2,1-2H3. The number of thiophene rings is 1. The molecule has 1 aliphatic rings. The Morgan fingerprint density at radius 1 is 1.22 bits per heavy atom. The Morgan fingerprint density at radius 3 is 2.78 bits per heavy atom. The van der Waals surface area contributed by atoms with E-state index in [1.165, 1.54) is 10.4 Å². The van der Waals surface area contributed by atoms with E-state index in [-0.39, 0.29) is 5.91 Å². The number of aryl methyl sites for hydroxylation is 2. The molecule has 5 nitrogen and oxygen atoms in total. The molecule has 3 aromatic heterocycles. The first kappa shape index (κ1) is 18.2. The number of amides is 1. The summed E-state index contributed by atoms with van der Waals surface area (Å²) < 4.78 is 2.06. The van der Waals surface area contributed by atoms with E-state index >= 15 is 0 Å². The molecule has 0 atom stereocenters. The zero-order chi connectivity index (χ0) is 18.8. The third-order valence-electron chi connectivity index (χ3n) is 5.21. The monoisotopic (exact) mass is 382 g/mol. The largest absolute Gasteiger partial charge is 0.335 e. The maximum Gasteiger partial charge on any atom is 0.264 e. The first-order valence-electron chi connectivity index (χ1n) is 9.67. The van der Waals surface area contributed by atoms with Crippen LogP contribution in [-0.2, 0) is 13.0 Å². The molecule has 0 radical (unpaired) electrons. The Kier molecular flexibility index (Phi) is 5.27. The summed E-state index contributed by atoms with van der Waals surface area (Å²) >= 11 is 1.64. The molecule has 0 saturated carbocycles. The van der Waals surface area contributed by atoms with Gasteiger partial charge in [-0.3, -0.25) is 9.69 Å². The first-order valence-corrected chi connectivity index (χ1v) is 10.5. The van der Waals surface area contributed by atoms with Gasteiger partial charge in [0.25, 0.3) is 5.91 Å². The van der Waals surface area contributed by atoms with Gasteiger partial charge in [0.1, 0.15) is 5.65 Å². The maximum atomic E-state index is 12.9. The van der Waals surface area contributed by atoms with Crippen LogP contribution in [-0.4, -0.2) is 51.3 Å². The van der Waals surface area contributed by atoms with Gasteiger partial charge in [-0.2, -0.15) is 0 Å². The lowest BCUT2D eigenvalue weighted by atomic mass is 10.1. The third-order valence-corrected chi connectivity index (χ3v) is 6.29. The number of piperazine rings is 1. The van der Waals surface area contributed by atoms with Gasteiger partial charge in [-0.1, -0.05) is 19.4 Å². The van der Waals surface area contributed by atoms with E-state index in [9.17, 15) is 4.79 Å². The van der Waals surface area contributed by atoms with Crippen LogP contribution in [0.5, 0.6) is 0 Å². The average molecular weight is 383 g/mol. The number of fused-ring (bicyclic) bond motifs is 1. The van der Waals surface area contributed by atoms with Gasteiger partial charge in [0.2, 0.25) is 0 Å². The fourth-order valence-electron chi connectivity index (χ4n) is 3.70. The second kappa shape index (κ2) is 7.82. The van der Waals surface area contributed by atoms with Crippen LogP contribution in [0.1, 0.15) is 39.2 Å². The molecule has 142 valence electrons. The minimum Gasteiger partial charge on any atom is -0.335 e. The van der Waals surface area contributed by atoms with Crippen LogP contribution < -0.4 is 0 Å². The van der Waals surface area contributed by atoms with Crippen molar-refractivity contribution in [3.8, 4) is 0 Å². The van der Waals surface area contributed by atoms with E-state index < -0.39 is 0 Å². The molecule has 0 bridgehead atoms. The van der Waals surface area contributed by atoms with E-state index in [4.69, 9.17) is 0 Å². The molecule has 0 aromatic carbocycles. The van der Waals surface area contributed by atoms with Gasteiger partial charge in [0.15, 0.2) is 0 Å². The molecule has 0 N–H and O–H groups in total. The third kappa shape index (κ3) is 3.92. The molecule has 1 amide bonds.